The molecule has 1 aromatic carbocycles. The zero-order valence-corrected chi connectivity index (χ0v) is 13.5. The van der Waals surface area contributed by atoms with Crippen LogP contribution in [0.5, 0.6) is 5.75 Å². The second kappa shape index (κ2) is 7.35. The van der Waals surface area contributed by atoms with Crippen LogP contribution in [0.1, 0.15) is 6.92 Å². The van der Waals surface area contributed by atoms with Gasteiger partial charge in [0.1, 0.15) is 5.75 Å². The fourth-order valence-electron chi connectivity index (χ4n) is 2.34. The number of rotatable bonds is 4. The third-order valence-corrected chi connectivity index (χ3v) is 3.97. The normalized spacial score (nSPS) is 14.7. The van der Waals surface area contributed by atoms with E-state index in [-0.39, 0.29) is 18.4 Å². The van der Waals surface area contributed by atoms with Crippen molar-refractivity contribution in [2.75, 3.05) is 45.2 Å². The van der Waals surface area contributed by atoms with Gasteiger partial charge < -0.3 is 19.9 Å². The Morgan fingerprint density at radius 2 is 1.86 bits per heavy atom. The van der Waals surface area contributed by atoms with Gasteiger partial charge in [-0.1, -0.05) is 11.6 Å². The van der Waals surface area contributed by atoms with E-state index in [4.69, 9.17) is 16.3 Å². The SMILES string of the molecule is COc1ccc(NCC(=O)N2CCN(C(C)=O)CC2)cc1Cl. The summed E-state index contributed by atoms with van der Waals surface area (Å²) in [4.78, 5) is 26.9. The van der Waals surface area contributed by atoms with E-state index in [2.05, 4.69) is 5.32 Å². The van der Waals surface area contributed by atoms with Crippen molar-refractivity contribution in [1.29, 1.82) is 0 Å². The van der Waals surface area contributed by atoms with Crippen LogP contribution in [0.3, 0.4) is 0 Å². The number of hydrogen-bond donors (Lipinski definition) is 1. The number of amides is 2. The Labute approximate surface area is 135 Å². The molecule has 1 saturated heterocycles. The topological polar surface area (TPSA) is 61.9 Å². The van der Waals surface area contributed by atoms with Gasteiger partial charge in [-0.2, -0.15) is 0 Å². The molecule has 0 unspecified atom stereocenters. The molecule has 1 fully saturated rings. The summed E-state index contributed by atoms with van der Waals surface area (Å²) in [7, 11) is 1.55. The second-order valence-electron chi connectivity index (χ2n) is 5.09. The van der Waals surface area contributed by atoms with Gasteiger partial charge in [0.15, 0.2) is 0 Å². The predicted octanol–water partition coefficient (Wildman–Crippen LogP) is 1.45. The Kier molecular flexibility index (Phi) is 5.49. The summed E-state index contributed by atoms with van der Waals surface area (Å²) in [5.41, 5.74) is 0.765. The number of nitrogens with one attached hydrogen (secondary N) is 1. The maximum absolute atomic E-state index is 12.2. The zero-order valence-electron chi connectivity index (χ0n) is 12.8. The number of ether oxygens (including phenoxy) is 1. The molecule has 1 aliphatic rings. The summed E-state index contributed by atoms with van der Waals surface area (Å²) in [6.45, 7) is 4.08. The number of carbonyl (C=O) groups is 2. The summed E-state index contributed by atoms with van der Waals surface area (Å²) < 4.78 is 5.08. The monoisotopic (exact) mass is 325 g/mol. The molecule has 1 aliphatic heterocycles. The molecule has 0 atom stereocenters. The van der Waals surface area contributed by atoms with Crippen LogP contribution in [0.25, 0.3) is 0 Å². The molecule has 2 rings (SSSR count). The lowest BCUT2D eigenvalue weighted by atomic mass is 10.3. The number of halogens is 1. The second-order valence-corrected chi connectivity index (χ2v) is 5.50. The molecular weight excluding hydrogens is 306 g/mol. The lowest BCUT2D eigenvalue weighted by Gasteiger charge is -2.34. The first-order chi connectivity index (χ1) is 10.5. The molecule has 1 N–H and O–H groups in total. The number of anilines is 1. The van der Waals surface area contributed by atoms with Crippen molar-refractivity contribution in [2.45, 2.75) is 6.92 Å². The fourth-order valence-corrected chi connectivity index (χ4v) is 2.59. The summed E-state index contributed by atoms with van der Waals surface area (Å²) in [6, 6.07) is 5.29. The maximum Gasteiger partial charge on any atom is 0.241 e. The molecule has 0 aliphatic carbocycles. The molecular formula is C15H20ClN3O3. The van der Waals surface area contributed by atoms with Crippen molar-refractivity contribution in [3.05, 3.63) is 23.2 Å². The smallest absolute Gasteiger partial charge is 0.241 e. The highest BCUT2D eigenvalue weighted by molar-refractivity contribution is 6.32. The highest BCUT2D eigenvalue weighted by Gasteiger charge is 2.21. The minimum Gasteiger partial charge on any atom is -0.495 e. The molecule has 7 heteroatoms. The molecule has 0 spiro atoms. The summed E-state index contributed by atoms with van der Waals surface area (Å²) in [6.07, 6.45) is 0. The molecule has 0 bridgehead atoms. The molecule has 1 aromatic rings. The van der Waals surface area contributed by atoms with Gasteiger partial charge in [-0.05, 0) is 18.2 Å². The summed E-state index contributed by atoms with van der Waals surface area (Å²) in [5.74, 6) is 0.659. The molecule has 2 amide bonds. The maximum atomic E-state index is 12.2. The number of methoxy groups -OCH3 is 1. The largest absolute Gasteiger partial charge is 0.495 e. The quantitative estimate of drug-likeness (QED) is 0.910. The Morgan fingerprint density at radius 3 is 2.41 bits per heavy atom. The van der Waals surface area contributed by atoms with Crippen LogP contribution >= 0.6 is 11.6 Å². The van der Waals surface area contributed by atoms with E-state index in [9.17, 15) is 9.59 Å². The van der Waals surface area contributed by atoms with Gasteiger partial charge in [0, 0.05) is 38.8 Å². The number of hydrogen-bond acceptors (Lipinski definition) is 4. The summed E-state index contributed by atoms with van der Waals surface area (Å²) >= 11 is 6.04. The third-order valence-electron chi connectivity index (χ3n) is 3.67. The standard InChI is InChI=1S/C15H20ClN3O3/c1-11(20)18-5-7-19(8-6-18)15(21)10-17-12-3-4-14(22-2)13(16)9-12/h3-4,9,17H,5-8,10H2,1-2H3. The van der Waals surface area contributed by atoms with E-state index in [1.165, 1.54) is 0 Å². The molecule has 22 heavy (non-hydrogen) atoms. The molecule has 0 saturated carbocycles. The molecule has 6 nitrogen and oxygen atoms in total. The molecule has 120 valence electrons. The minimum atomic E-state index is 0.00939. The van der Waals surface area contributed by atoms with E-state index >= 15 is 0 Å². The Hall–Kier alpha value is -1.95. The van der Waals surface area contributed by atoms with Crippen LogP contribution in [0.15, 0.2) is 18.2 Å². The van der Waals surface area contributed by atoms with Crippen LogP contribution in [-0.4, -0.2) is 61.4 Å². The molecule has 1 heterocycles. The van der Waals surface area contributed by atoms with Gasteiger partial charge in [-0.25, -0.2) is 0 Å². The van der Waals surface area contributed by atoms with Gasteiger partial charge in [0.2, 0.25) is 11.8 Å². The van der Waals surface area contributed by atoms with E-state index < -0.39 is 0 Å². The van der Waals surface area contributed by atoms with Crippen molar-refractivity contribution in [3.63, 3.8) is 0 Å². The highest BCUT2D eigenvalue weighted by atomic mass is 35.5. The van der Waals surface area contributed by atoms with Gasteiger partial charge in [0.05, 0.1) is 18.7 Å². The van der Waals surface area contributed by atoms with Crippen LogP contribution in [0.4, 0.5) is 5.69 Å². The van der Waals surface area contributed by atoms with Crippen molar-refractivity contribution >= 4 is 29.1 Å². The zero-order chi connectivity index (χ0) is 16.1. The van der Waals surface area contributed by atoms with Gasteiger partial charge in [-0.3, -0.25) is 9.59 Å². The fraction of sp³-hybridized carbons (Fsp3) is 0.467. The van der Waals surface area contributed by atoms with Crippen molar-refractivity contribution in [3.8, 4) is 5.75 Å². The number of piperazine rings is 1. The highest BCUT2D eigenvalue weighted by Crippen LogP contribution is 2.27. The minimum absolute atomic E-state index is 0.00939. The third kappa shape index (κ3) is 4.04. The Morgan fingerprint density at radius 1 is 1.23 bits per heavy atom. The Bertz CT molecular complexity index is 557. The first kappa shape index (κ1) is 16.4. The molecule has 0 radical (unpaired) electrons. The van der Waals surface area contributed by atoms with Crippen molar-refractivity contribution in [2.24, 2.45) is 0 Å². The van der Waals surface area contributed by atoms with E-state index in [0.29, 0.717) is 37.0 Å². The van der Waals surface area contributed by atoms with Gasteiger partial charge in [-0.15, -0.1) is 0 Å². The van der Waals surface area contributed by atoms with Crippen LogP contribution in [0.2, 0.25) is 5.02 Å². The average Bonchev–Trinajstić information content (AvgIpc) is 2.52. The molecule has 0 aromatic heterocycles. The van der Waals surface area contributed by atoms with E-state index in [1.54, 1.807) is 36.0 Å². The average molecular weight is 326 g/mol. The lowest BCUT2D eigenvalue weighted by molar-refractivity contribution is -0.137. The lowest BCUT2D eigenvalue weighted by Crippen LogP contribution is -2.51. The van der Waals surface area contributed by atoms with E-state index in [1.807, 2.05) is 6.07 Å². The van der Waals surface area contributed by atoms with Crippen molar-refractivity contribution < 1.29 is 14.3 Å². The number of benzene rings is 1. The first-order valence-electron chi connectivity index (χ1n) is 7.12. The van der Waals surface area contributed by atoms with Crippen LogP contribution < -0.4 is 10.1 Å². The predicted molar refractivity (Wildman–Crippen MR) is 85.3 cm³/mol. The van der Waals surface area contributed by atoms with Crippen molar-refractivity contribution in [1.82, 2.24) is 9.80 Å². The summed E-state index contributed by atoms with van der Waals surface area (Å²) in [5, 5.41) is 3.55. The Balaban J connectivity index is 1.83. The van der Waals surface area contributed by atoms with Gasteiger partial charge in [0.25, 0.3) is 0 Å². The number of nitrogens with zero attached hydrogens (tertiary/aromatic N) is 2. The van der Waals surface area contributed by atoms with E-state index in [0.717, 1.165) is 5.69 Å². The van der Waals surface area contributed by atoms with Crippen LogP contribution in [0, 0.1) is 0 Å². The van der Waals surface area contributed by atoms with Crippen LogP contribution in [-0.2, 0) is 9.59 Å². The van der Waals surface area contributed by atoms with Gasteiger partial charge >= 0.3 is 0 Å². The number of carbonyl (C=O) groups excluding carboxylic acids is 2. The first-order valence-corrected chi connectivity index (χ1v) is 7.49.